The summed E-state index contributed by atoms with van der Waals surface area (Å²) in [6, 6.07) is 0. The van der Waals surface area contributed by atoms with Crippen molar-refractivity contribution < 1.29 is 26.7 Å². The van der Waals surface area contributed by atoms with Crippen LogP contribution in [0.3, 0.4) is 0 Å². The Labute approximate surface area is 82.8 Å². The van der Waals surface area contributed by atoms with Gasteiger partial charge < -0.3 is 30.6 Å². The van der Waals surface area contributed by atoms with E-state index in [1.165, 1.54) is 0 Å². The molecule has 13 heteroatoms. The van der Waals surface area contributed by atoms with Gasteiger partial charge in [0.25, 0.3) is 0 Å². The first-order valence-electron chi connectivity index (χ1n) is 1.10. The van der Waals surface area contributed by atoms with Crippen molar-refractivity contribution in [2.75, 3.05) is 0 Å². The van der Waals surface area contributed by atoms with E-state index in [0.29, 0.717) is 0 Å². The van der Waals surface area contributed by atoms with E-state index in [4.69, 9.17) is 30.6 Å². The first-order chi connectivity index (χ1) is 3.46. The van der Waals surface area contributed by atoms with Crippen LogP contribution in [-0.2, 0) is 16.5 Å². The zero-order valence-corrected chi connectivity index (χ0v) is 6.44. The maximum Gasteiger partial charge on any atom is 2.00 e. The third kappa shape index (κ3) is 510. The molecule has 0 saturated carbocycles. The van der Waals surface area contributed by atoms with Crippen LogP contribution in [0.25, 0.3) is 0 Å². The SMILES string of the molecule is O=[N+]([O-])[O-].O=[N+]([O-])[O-].[N].[N].[N].[N].[Ni+2]. The molecule has 0 aliphatic carbocycles. The largest absolute Gasteiger partial charge is 2.00 e. The molecule has 0 spiro atoms. The van der Waals surface area contributed by atoms with Crippen molar-refractivity contribution in [2.45, 2.75) is 0 Å². The molecule has 0 fully saturated rings. The van der Waals surface area contributed by atoms with E-state index in [9.17, 15) is 0 Å². The van der Waals surface area contributed by atoms with Gasteiger partial charge in [0, 0.05) is 24.6 Å². The van der Waals surface area contributed by atoms with E-state index < -0.39 is 10.2 Å². The molecule has 0 saturated heterocycles. The minimum atomic E-state index is -1.75. The Kier molecular flexibility index (Phi) is 211. The molecule has 0 N–H and O–H groups in total. The summed E-state index contributed by atoms with van der Waals surface area (Å²) in [5.41, 5.74) is 0. The molecular weight excluding hydrogens is 239 g/mol. The van der Waals surface area contributed by atoms with Crippen LogP contribution in [0.2, 0.25) is 0 Å². The smallest absolute Gasteiger partial charge is 0.356 e. The summed E-state index contributed by atoms with van der Waals surface area (Å²) in [4.78, 5) is 16.5. The van der Waals surface area contributed by atoms with Gasteiger partial charge in [-0.2, -0.15) is 0 Å². The van der Waals surface area contributed by atoms with Gasteiger partial charge >= 0.3 is 16.5 Å². The molecule has 0 heterocycles. The van der Waals surface area contributed by atoms with Crippen molar-refractivity contribution in [3.63, 3.8) is 0 Å². The summed E-state index contributed by atoms with van der Waals surface area (Å²) >= 11 is 0. The first kappa shape index (κ1) is 60.3. The first-order valence-corrected chi connectivity index (χ1v) is 1.10. The molecule has 0 aromatic heterocycles. The van der Waals surface area contributed by atoms with Crippen LogP contribution in [0.5, 0.6) is 0 Å². The average molecular weight is 239 g/mol. The fraction of sp³-hybridized carbons (Fsp3) is 0. The normalized spacial score (nSPS) is 3.69. The Hall–Kier alpha value is -1.27. The molecule has 0 aliphatic rings. The fourth-order valence-electron chi connectivity index (χ4n) is 0. The summed E-state index contributed by atoms with van der Waals surface area (Å²) in [7, 11) is 0. The van der Waals surface area contributed by atoms with Crippen molar-refractivity contribution in [1.29, 1.82) is 0 Å². The van der Waals surface area contributed by atoms with Gasteiger partial charge in [0.1, 0.15) is 0 Å². The van der Waals surface area contributed by atoms with Gasteiger partial charge in [-0.05, 0) is 0 Å². The van der Waals surface area contributed by atoms with Gasteiger partial charge in [0.2, 0.25) is 0 Å². The van der Waals surface area contributed by atoms with E-state index in [2.05, 4.69) is 0 Å². The minimum Gasteiger partial charge on any atom is -0.356 e. The third-order valence-corrected chi connectivity index (χ3v) is 0. The second-order valence-corrected chi connectivity index (χ2v) is 0.447. The van der Waals surface area contributed by atoms with Crippen LogP contribution >= 0.6 is 0 Å². The minimum absolute atomic E-state index is 0. The Balaban J connectivity index is -0.00000000800. The standard InChI is InChI=1S/2NO3.4N.Ni/c2*2-1(3)4;;;;;/q2*-1;;;;;+2. The monoisotopic (exact) mass is 238 g/mol. The molecular formula is N6NiO6. The van der Waals surface area contributed by atoms with Crippen LogP contribution in [0.4, 0.5) is 0 Å². The molecule has 0 aliphatic heterocycles. The van der Waals surface area contributed by atoms with Crippen molar-refractivity contribution in [2.24, 2.45) is 0 Å². The molecule has 0 rings (SSSR count). The van der Waals surface area contributed by atoms with Gasteiger partial charge in [-0.15, -0.1) is 0 Å². The molecule has 0 bridgehead atoms. The molecule has 12 nitrogen and oxygen atoms in total. The zero-order chi connectivity index (χ0) is 7.15. The Morgan fingerprint density at radius 3 is 0.615 bits per heavy atom. The van der Waals surface area contributed by atoms with Crippen LogP contribution < -0.4 is 24.6 Å². The fourth-order valence-corrected chi connectivity index (χ4v) is 0. The maximum atomic E-state index is 8.25. The van der Waals surface area contributed by atoms with Crippen molar-refractivity contribution >= 4 is 0 Å². The van der Waals surface area contributed by atoms with Crippen molar-refractivity contribution in [3.8, 4) is 0 Å². The average Bonchev–Trinajstić information content (AvgIpc) is 1.25. The quantitative estimate of drug-likeness (QED) is 0.252. The Morgan fingerprint density at radius 2 is 0.615 bits per heavy atom. The van der Waals surface area contributed by atoms with Gasteiger partial charge in [0.15, 0.2) is 0 Å². The Bertz CT molecular complexity index is 75.1. The molecule has 0 aromatic rings. The predicted molar refractivity (Wildman–Crippen MR) is 29.3 cm³/mol. The van der Waals surface area contributed by atoms with Crippen LogP contribution in [0.1, 0.15) is 0 Å². The summed E-state index contributed by atoms with van der Waals surface area (Å²) < 4.78 is 0. The van der Waals surface area contributed by atoms with Crippen molar-refractivity contribution in [3.05, 3.63) is 30.6 Å². The topological polar surface area (TPSA) is 254 Å². The molecule has 0 atom stereocenters. The number of hydrogen-bond donors (Lipinski definition) is 0. The van der Waals surface area contributed by atoms with Gasteiger partial charge in [-0.25, -0.2) is 0 Å². The van der Waals surface area contributed by atoms with Gasteiger partial charge in [0.05, 0.1) is 10.2 Å². The number of rotatable bonds is 0. The van der Waals surface area contributed by atoms with E-state index in [1.807, 2.05) is 0 Å². The third-order valence-electron chi connectivity index (χ3n) is 0. The van der Waals surface area contributed by atoms with E-state index in [-0.39, 0.29) is 41.1 Å². The summed E-state index contributed by atoms with van der Waals surface area (Å²) in [6.07, 6.45) is 0. The second-order valence-electron chi connectivity index (χ2n) is 0.447. The van der Waals surface area contributed by atoms with Crippen LogP contribution in [0.15, 0.2) is 0 Å². The summed E-state index contributed by atoms with van der Waals surface area (Å²) in [5, 5.41) is 29.5. The molecule has 0 unspecified atom stereocenters. The van der Waals surface area contributed by atoms with E-state index >= 15 is 0 Å². The molecule has 13 heavy (non-hydrogen) atoms. The molecule has 0 aromatic carbocycles. The van der Waals surface area contributed by atoms with E-state index in [1.54, 1.807) is 0 Å². The number of hydrogen-bond acceptors (Lipinski definition) is 6. The molecule has 76 valence electrons. The molecule has 0 amide bonds. The zero-order valence-electron chi connectivity index (χ0n) is 5.45. The van der Waals surface area contributed by atoms with Crippen molar-refractivity contribution in [1.82, 2.24) is 24.6 Å². The van der Waals surface area contributed by atoms with Gasteiger partial charge in [-0.3, -0.25) is 0 Å². The maximum absolute atomic E-state index is 8.25. The molecule has 12 radical (unpaired) electrons. The van der Waals surface area contributed by atoms with Crippen LogP contribution in [0, 0.1) is 30.6 Å². The van der Waals surface area contributed by atoms with E-state index in [0.717, 1.165) is 0 Å². The second kappa shape index (κ2) is 45.4. The summed E-state index contributed by atoms with van der Waals surface area (Å²) in [5.74, 6) is 0. The Morgan fingerprint density at radius 1 is 0.615 bits per heavy atom. The predicted octanol–water partition coefficient (Wildman–Crippen LogP) is -2.40. The van der Waals surface area contributed by atoms with Crippen LogP contribution in [-0.4, -0.2) is 10.2 Å². The number of nitrogens with zero attached hydrogens (tertiary/aromatic N) is 6. The van der Waals surface area contributed by atoms with Gasteiger partial charge in [-0.1, -0.05) is 0 Å². The summed E-state index contributed by atoms with van der Waals surface area (Å²) in [6.45, 7) is 0.